The van der Waals surface area contributed by atoms with Crippen LogP contribution >= 0.6 is 0 Å². The Kier molecular flexibility index (Phi) is 5.16. The predicted molar refractivity (Wildman–Crippen MR) is 90.1 cm³/mol. The third-order valence-electron chi connectivity index (χ3n) is 4.22. The Labute approximate surface area is 137 Å². The van der Waals surface area contributed by atoms with Gasteiger partial charge in [0, 0.05) is 12.6 Å². The first kappa shape index (κ1) is 15.8. The molecular weight excluding hydrogens is 290 g/mol. The number of nitrogens with one attached hydrogen (secondary N) is 1. The fraction of sp³-hybridized carbons (Fsp3) is 0.368. The summed E-state index contributed by atoms with van der Waals surface area (Å²) < 4.78 is 10.8. The van der Waals surface area contributed by atoms with Crippen molar-refractivity contribution in [1.82, 2.24) is 5.32 Å². The second kappa shape index (κ2) is 7.49. The highest BCUT2D eigenvalue weighted by atomic mass is 16.5. The molecule has 3 rings (SSSR count). The van der Waals surface area contributed by atoms with Crippen molar-refractivity contribution in [2.24, 2.45) is 0 Å². The van der Waals surface area contributed by atoms with Crippen molar-refractivity contribution < 1.29 is 14.6 Å². The van der Waals surface area contributed by atoms with Crippen LogP contribution in [0.5, 0.6) is 11.5 Å². The number of rotatable bonds is 7. The molecule has 0 atom stereocenters. The van der Waals surface area contributed by atoms with Gasteiger partial charge in [-0.25, -0.2) is 0 Å². The van der Waals surface area contributed by atoms with Crippen molar-refractivity contribution in [3.05, 3.63) is 59.2 Å². The number of hydrogen-bond donors (Lipinski definition) is 2. The molecular formula is C19H23NO3. The number of aliphatic hydroxyl groups excluding tert-OH is 1. The van der Waals surface area contributed by atoms with Crippen molar-refractivity contribution in [3.8, 4) is 11.5 Å². The molecule has 2 aromatic carbocycles. The molecule has 0 aromatic heterocycles. The highest BCUT2D eigenvalue weighted by Gasteiger charge is 2.20. The summed E-state index contributed by atoms with van der Waals surface area (Å²) in [7, 11) is 1.63. The first-order chi connectivity index (χ1) is 11.3. The summed E-state index contributed by atoms with van der Waals surface area (Å²) in [5.74, 6) is 1.37. The summed E-state index contributed by atoms with van der Waals surface area (Å²) in [5, 5.41) is 12.5. The van der Waals surface area contributed by atoms with Crippen LogP contribution < -0.4 is 14.8 Å². The standard InChI is InChI=1S/C19H23NO3/c1-22-19-10-14(6-7-18(19)23-9-8-21)13-20-17-11-15-4-2-3-5-16(15)12-17/h2-7,10,17,20-21H,8-9,11-13H2,1H3. The van der Waals surface area contributed by atoms with Gasteiger partial charge in [0.15, 0.2) is 11.5 Å². The van der Waals surface area contributed by atoms with Gasteiger partial charge >= 0.3 is 0 Å². The third kappa shape index (κ3) is 3.84. The second-order valence-corrected chi connectivity index (χ2v) is 5.81. The largest absolute Gasteiger partial charge is 0.493 e. The van der Waals surface area contributed by atoms with E-state index in [9.17, 15) is 0 Å². The van der Waals surface area contributed by atoms with Gasteiger partial charge < -0.3 is 19.9 Å². The van der Waals surface area contributed by atoms with E-state index in [2.05, 4.69) is 29.6 Å². The number of methoxy groups -OCH3 is 1. The summed E-state index contributed by atoms with van der Waals surface area (Å²) >= 11 is 0. The van der Waals surface area contributed by atoms with Gasteiger partial charge in [0.2, 0.25) is 0 Å². The van der Waals surface area contributed by atoms with E-state index >= 15 is 0 Å². The molecule has 2 N–H and O–H groups in total. The Balaban J connectivity index is 1.59. The average molecular weight is 313 g/mol. The highest BCUT2D eigenvalue weighted by Crippen LogP contribution is 2.28. The Bertz CT molecular complexity index is 632. The van der Waals surface area contributed by atoms with Crippen LogP contribution in [-0.4, -0.2) is 31.5 Å². The summed E-state index contributed by atoms with van der Waals surface area (Å²) in [6.45, 7) is 1.07. The molecule has 0 saturated heterocycles. The van der Waals surface area contributed by atoms with Gasteiger partial charge in [-0.15, -0.1) is 0 Å². The van der Waals surface area contributed by atoms with Crippen molar-refractivity contribution in [1.29, 1.82) is 0 Å². The summed E-state index contributed by atoms with van der Waals surface area (Å²) in [4.78, 5) is 0. The van der Waals surface area contributed by atoms with Gasteiger partial charge in [-0.2, -0.15) is 0 Å². The van der Waals surface area contributed by atoms with Gasteiger partial charge in [-0.3, -0.25) is 0 Å². The minimum absolute atomic E-state index is 0.00526. The summed E-state index contributed by atoms with van der Waals surface area (Å²) in [5.41, 5.74) is 4.07. The zero-order valence-electron chi connectivity index (χ0n) is 13.4. The number of fused-ring (bicyclic) bond motifs is 1. The van der Waals surface area contributed by atoms with Crippen LogP contribution in [0.4, 0.5) is 0 Å². The molecule has 1 aliphatic rings. The van der Waals surface area contributed by atoms with E-state index in [0.29, 0.717) is 17.5 Å². The van der Waals surface area contributed by atoms with Crippen LogP contribution in [0, 0.1) is 0 Å². The van der Waals surface area contributed by atoms with E-state index < -0.39 is 0 Å². The van der Waals surface area contributed by atoms with E-state index in [1.807, 2.05) is 18.2 Å². The normalized spacial score (nSPS) is 13.8. The molecule has 4 heteroatoms. The first-order valence-electron chi connectivity index (χ1n) is 8.01. The van der Waals surface area contributed by atoms with Crippen molar-refractivity contribution in [2.75, 3.05) is 20.3 Å². The number of benzene rings is 2. The topological polar surface area (TPSA) is 50.7 Å². The zero-order valence-corrected chi connectivity index (χ0v) is 13.4. The summed E-state index contributed by atoms with van der Waals surface area (Å²) in [6.07, 6.45) is 2.18. The van der Waals surface area contributed by atoms with Crippen molar-refractivity contribution in [3.63, 3.8) is 0 Å². The lowest BCUT2D eigenvalue weighted by Gasteiger charge is -2.14. The van der Waals surface area contributed by atoms with Gasteiger partial charge in [0.1, 0.15) is 6.61 Å². The Morgan fingerprint density at radius 1 is 1.09 bits per heavy atom. The lowest BCUT2D eigenvalue weighted by Crippen LogP contribution is -2.28. The van der Waals surface area contributed by atoms with E-state index in [0.717, 1.165) is 24.9 Å². The molecule has 122 valence electrons. The van der Waals surface area contributed by atoms with E-state index in [4.69, 9.17) is 14.6 Å². The number of aliphatic hydroxyl groups is 1. The maximum Gasteiger partial charge on any atom is 0.161 e. The molecule has 4 nitrogen and oxygen atoms in total. The fourth-order valence-electron chi connectivity index (χ4n) is 3.06. The molecule has 1 aliphatic carbocycles. The van der Waals surface area contributed by atoms with Crippen molar-refractivity contribution in [2.45, 2.75) is 25.4 Å². The van der Waals surface area contributed by atoms with E-state index in [1.54, 1.807) is 7.11 Å². The van der Waals surface area contributed by atoms with Crippen LogP contribution in [0.25, 0.3) is 0 Å². The Morgan fingerprint density at radius 2 is 1.83 bits per heavy atom. The molecule has 0 fully saturated rings. The molecule has 0 heterocycles. The van der Waals surface area contributed by atoms with Gasteiger partial charge in [0.25, 0.3) is 0 Å². The van der Waals surface area contributed by atoms with Gasteiger partial charge in [-0.1, -0.05) is 30.3 Å². The minimum Gasteiger partial charge on any atom is -0.493 e. The third-order valence-corrected chi connectivity index (χ3v) is 4.22. The molecule has 0 amide bonds. The molecule has 0 bridgehead atoms. The molecule has 23 heavy (non-hydrogen) atoms. The van der Waals surface area contributed by atoms with E-state index in [1.165, 1.54) is 11.1 Å². The van der Waals surface area contributed by atoms with Crippen LogP contribution in [0.1, 0.15) is 16.7 Å². The van der Waals surface area contributed by atoms with Gasteiger partial charge in [-0.05, 0) is 41.7 Å². The lowest BCUT2D eigenvalue weighted by molar-refractivity contribution is 0.196. The van der Waals surface area contributed by atoms with Gasteiger partial charge in [0.05, 0.1) is 13.7 Å². The molecule has 0 unspecified atom stereocenters. The van der Waals surface area contributed by atoms with E-state index in [-0.39, 0.29) is 13.2 Å². The minimum atomic E-state index is -0.00526. The van der Waals surface area contributed by atoms with Crippen LogP contribution in [0.15, 0.2) is 42.5 Å². The molecule has 0 spiro atoms. The number of hydrogen-bond acceptors (Lipinski definition) is 4. The molecule has 0 saturated carbocycles. The first-order valence-corrected chi connectivity index (χ1v) is 8.01. The predicted octanol–water partition coefficient (Wildman–Crippen LogP) is 2.32. The lowest BCUT2D eigenvalue weighted by atomic mass is 10.1. The smallest absolute Gasteiger partial charge is 0.161 e. The van der Waals surface area contributed by atoms with Crippen molar-refractivity contribution >= 4 is 0 Å². The molecule has 0 radical (unpaired) electrons. The second-order valence-electron chi connectivity index (χ2n) is 5.81. The highest BCUT2D eigenvalue weighted by molar-refractivity contribution is 5.43. The fourth-order valence-corrected chi connectivity index (χ4v) is 3.06. The molecule has 0 aliphatic heterocycles. The van der Waals surface area contributed by atoms with Crippen LogP contribution in [-0.2, 0) is 19.4 Å². The SMILES string of the molecule is COc1cc(CNC2Cc3ccccc3C2)ccc1OCCO. The Morgan fingerprint density at radius 3 is 2.48 bits per heavy atom. The summed E-state index contributed by atoms with van der Waals surface area (Å²) in [6, 6.07) is 15.1. The Hall–Kier alpha value is -2.04. The van der Waals surface area contributed by atoms with Crippen LogP contribution in [0.2, 0.25) is 0 Å². The molecule has 2 aromatic rings. The maximum atomic E-state index is 8.85. The number of ether oxygens (including phenoxy) is 2. The quantitative estimate of drug-likeness (QED) is 0.824. The monoisotopic (exact) mass is 313 g/mol. The maximum absolute atomic E-state index is 8.85. The zero-order chi connectivity index (χ0) is 16.1. The van der Waals surface area contributed by atoms with Crippen LogP contribution in [0.3, 0.4) is 0 Å². The average Bonchev–Trinajstić information content (AvgIpc) is 3.01.